The van der Waals surface area contributed by atoms with Crippen LogP contribution in [0.2, 0.25) is 0 Å². The number of nitrogens with two attached hydrogens (primary N) is 2. The number of thiazole rings is 1. The molecule has 0 radical (unpaired) electrons. The molecule has 0 aliphatic carbocycles. The third kappa shape index (κ3) is 5.08. The van der Waals surface area contributed by atoms with Crippen molar-refractivity contribution in [2.75, 3.05) is 24.1 Å². The van der Waals surface area contributed by atoms with Crippen LogP contribution in [0.1, 0.15) is 10.4 Å². The fourth-order valence-corrected chi connectivity index (χ4v) is 4.01. The number of amides is 2. The van der Waals surface area contributed by atoms with E-state index in [9.17, 15) is 14.4 Å². The molecule has 9 nitrogen and oxygen atoms in total. The molecule has 2 heterocycles. The van der Waals surface area contributed by atoms with Crippen molar-refractivity contribution in [3.63, 3.8) is 0 Å². The standard InChI is InChI=1S/C23H22N6O3S/c24-8-10-29-9-7-14-1-2-16(11-18(14)22(29)32)19-13-33-23(27-19)28-20(30)12-26-21(31)15-3-5-17(25)6-4-15/h1-7,9,11,13H,8,10,12,24-25H2,(H,26,31)(H,27,28,30). The van der Waals surface area contributed by atoms with Crippen molar-refractivity contribution in [1.29, 1.82) is 0 Å². The Morgan fingerprint density at radius 2 is 1.88 bits per heavy atom. The van der Waals surface area contributed by atoms with Gasteiger partial charge < -0.3 is 26.7 Å². The summed E-state index contributed by atoms with van der Waals surface area (Å²) in [5.74, 6) is -0.774. The van der Waals surface area contributed by atoms with E-state index in [1.807, 2.05) is 18.2 Å². The van der Waals surface area contributed by atoms with Gasteiger partial charge in [-0.05, 0) is 41.8 Å². The van der Waals surface area contributed by atoms with Crippen molar-refractivity contribution in [3.8, 4) is 11.3 Å². The van der Waals surface area contributed by atoms with Crippen molar-refractivity contribution in [3.05, 3.63) is 76.0 Å². The first kappa shape index (κ1) is 22.2. The van der Waals surface area contributed by atoms with Crippen molar-refractivity contribution in [2.24, 2.45) is 5.73 Å². The number of benzene rings is 2. The zero-order valence-corrected chi connectivity index (χ0v) is 18.4. The van der Waals surface area contributed by atoms with E-state index in [1.54, 1.807) is 46.5 Å². The van der Waals surface area contributed by atoms with Gasteiger partial charge in [-0.3, -0.25) is 14.4 Å². The first-order chi connectivity index (χ1) is 15.9. The molecule has 6 N–H and O–H groups in total. The smallest absolute Gasteiger partial charge is 0.258 e. The van der Waals surface area contributed by atoms with Crippen LogP contribution in [-0.4, -0.2) is 34.5 Å². The molecular weight excluding hydrogens is 440 g/mol. The van der Waals surface area contributed by atoms with Gasteiger partial charge in [-0.25, -0.2) is 4.98 Å². The van der Waals surface area contributed by atoms with E-state index in [2.05, 4.69) is 15.6 Å². The third-order valence-corrected chi connectivity index (χ3v) is 5.74. The van der Waals surface area contributed by atoms with Gasteiger partial charge >= 0.3 is 0 Å². The molecule has 0 saturated heterocycles. The first-order valence-corrected chi connectivity index (χ1v) is 11.1. The Labute approximate surface area is 193 Å². The van der Waals surface area contributed by atoms with Crippen LogP contribution in [0, 0.1) is 0 Å². The predicted molar refractivity (Wildman–Crippen MR) is 130 cm³/mol. The fourth-order valence-electron chi connectivity index (χ4n) is 3.28. The highest BCUT2D eigenvalue weighted by Gasteiger charge is 2.12. The molecule has 10 heteroatoms. The lowest BCUT2D eigenvalue weighted by atomic mass is 10.1. The fraction of sp³-hybridized carbons (Fsp3) is 0.130. The first-order valence-electron chi connectivity index (χ1n) is 10.2. The second-order valence-corrected chi connectivity index (χ2v) is 8.15. The minimum Gasteiger partial charge on any atom is -0.399 e. The number of hydrogen-bond donors (Lipinski definition) is 4. The Balaban J connectivity index is 1.43. The van der Waals surface area contributed by atoms with Gasteiger partial charge in [-0.1, -0.05) is 12.1 Å². The number of nitrogen functional groups attached to an aromatic ring is 1. The van der Waals surface area contributed by atoms with Gasteiger partial charge in [0.15, 0.2) is 5.13 Å². The van der Waals surface area contributed by atoms with Crippen molar-refractivity contribution in [1.82, 2.24) is 14.9 Å². The number of hydrogen-bond acceptors (Lipinski definition) is 7. The highest BCUT2D eigenvalue weighted by Crippen LogP contribution is 2.26. The lowest BCUT2D eigenvalue weighted by Gasteiger charge is -2.07. The van der Waals surface area contributed by atoms with Gasteiger partial charge in [-0.2, -0.15) is 0 Å². The summed E-state index contributed by atoms with van der Waals surface area (Å²) in [5.41, 5.74) is 13.4. The van der Waals surface area contributed by atoms with Crippen molar-refractivity contribution >= 4 is 44.7 Å². The minimum absolute atomic E-state index is 0.111. The molecule has 2 aromatic carbocycles. The van der Waals surface area contributed by atoms with Gasteiger partial charge in [0.25, 0.3) is 11.5 Å². The van der Waals surface area contributed by atoms with Crippen LogP contribution in [0.5, 0.6) is 0 Å². The van der Waals surface area contributed by atoms with Crippen LogP contribution < -0.4 is 27.7 Å². The maximum atomic E-state index is 12.7. The van der Waals surface area contributed by atoms with Gasteiger partial charge in [0.05, 0.1) is 12.2 Å². The van der Waals surface area contributed by atoms with Crippen LogP contribution in [0.25, 0.3) is 22.0 Å². The second kappa shape index (κ2) is 9.63. The molecular formula is C23H22N6O3S. The normalized spacial score (nSPS) is 10.8. The number of anilines is 2. The third-order valence-electron chi connectivity index (χ3n) is 4.98. The van der Waals surface area contributed by atoms with E-state index >= 15 is 0 Å². The predicted octanol–water partition coefficient (Wildman–Crippen LogP) is 2.03. The number of nitrogens with one attached hydrogen (secondary N) is 2. The monoisotopic (exact) mass is 462 g/mol. The Kier molecular flexibility index (Phi) is 6.48. The molecule has 2 aromatic heterocycles. The van der Waals surface area contributed by atoms with E-state index in [4.69, 9.17) is 11.5 Å². The zero-order valence-electron chi connectivity index (χ0n) is 17.6. The summed E-state index contributed by atoms with van der Waals surface area (Å²) in [6, 6.07) is 13.8. The molecule has 0 aliphatic heterocycles. The molecule has 0 unspecified atom stereocenters. The molecule has 4 aromatic rings. The molecule has 4 rings (SSSR count). The average molecular weight is 463 g/mol. The van der Waals surface area contributed by atoms with Crippen molar-refractivity contribution < 1.29 is 9.59 Å². The minimum atomic E-state index is -0.400. The molecule has 0 atom stereocenters. The Morgan fingerprint density at radius 1 is 1.09 bits per heavy atom. The summed E-state index contributed by atoms with van der Waals surface area (Å²) in [4.78, 5) is 41.5. The van der Waals surface area contributed by atoms with E-state index < -0.39 is 5.91 Å². The summed E-state index contributed by atoms with van der Waals surface area (Å²) in [6.45, 7) is 0.621. The Morgan fingerprint density at radius 3 is 2.64 bits per heavy atom. The maximum absolute atomic E-state index is 12.7. The van der Waals surface area contributed by atoms with Crippen LogP contribution in [-0.2, 0) is 11.3 Å². The molecule has 168 valence electrons. The largest absolute Gasteiger partial charge is 0.399 e. The summed E-state index contributed by atoms with van der Waals surface area (Å²) >= 11 is 1.26. The second-order valence-electron chi connectivity index (χ2n) is 7.30. The zero-order chi connectivity index (χ0) is 23.4. The maximum Gasteiger partial charge on any atom is 0.258 e. The number of nitrogens with zero attached hydrogens (tertiary/aromatic N) is 2. The summed E-state index contributed by atoms with van der Waals surface area (Å²) < 4.78 is 1.58. The average Bonchev–Trinajstić information content (AvgIpc) is 3.28. The van der Waals surface area contributed by atoms with Crippen LogP contribution in [0.3, 0.4) is 0 Å². The number of aromatic nitrogens is 2. The quantitative estimate of drug-likeness (QED) is 0.309. The van der Waals surface area contributed by atoms with E-state index in [0.717, 1.165) is 10.9 Å². The van der Waals surface area contributed by atoms with E-state index in [-0.39, 0.29) is 18.0 Å². The topological polar surface area (TPSA) is 145 Å². The lowest BCUT2D eigenvalue weighted by molar-refractivity contribution is -0.115. The SMILES string of the molecule is NCCn1ccc2ccc(-c3csc(NC(=O)CNC(=O)c4ccc(N)cc4)n3)cc2c1=O. The molecule has 0 bridgehead atoms. The van der Waals surface area contributed by atoms with Gasteiger partial charge in [0.1, 0.15) is 0 Å². The van der Waals surface area contributed by atoms with Gasteiger partial charge in [0, 0.05) is 46.9 Å². The summed E-state index contributed by atoms with van der Waals surface area (Å²) in [5, 5.41) is 8.83. The van der Waals surface area contributed by atoms with Crippen LogP contribution >= 0.6 is 11.3 Å². The molecule has 2 amide bonds. The molecule has 0 saturated carbocycles. The van der Waals surface area contributed by atoms with E-state index in [1.165, 1.54) is 11.3 Å². The Bertz CT molecular complexity index is 1380. The number of pyridine rings is 1. The molecule has 0 spiro atoms. The van der Waals surface area contributed by atoms with Crippen LogP contribution in [0.15, 0.2) is 64.9 Å². The number of rotatable bonds is 7. The lowest BCUT2D eigenvalue weighted by Crippen LogP contribution is -2.32. The summed E-state index contributed by atoms with van der Waals surface area (Å²) in [7, 11) is 0. The highest BCUT2D eigenvalue weighted by atomic mass is 32.1. The molecule has 0 aliphatic rings. The van der Waals surface area contributed by atoms with Gasteiger partial charge in [0.2, 0.25) is 5.91 Å². The Hall–Kier alpha value is -4.02. The number of carbonyl (C=O) groups excluding carboxylic acids is 2. The summed E-state index contributed by atoms with van der Waals surface area (Å²) in [6.07, 6.45) is 1.74. The highest BCUT2D eigenvalue weighted by molar-refractivity contribution is 7.14. The molecule has 33 heavy (non-hydrogen) atoms. The van der Waals surface area contributed by atoms with Crippen LogP contribution in [0.4, 0.5) is 10.8 Å². The number of fused-ring (bicyclic) bond motifs is 1. The molecule has 0 fully saturated rings. The van der Waals surface area contributed by atoms with Gasteiger partial charge in [-0.15, -0.1) is 11.3 Å². The van der Waals surface area contributed by atoms with Crippen molar-refractivity contribution in [2.45, 2.75) is 6.54 Å². The number of carbonyl (C=O) groups is 2. The van der Waals surface area contributed by atoms with E-state index in [0.29, 0.717) is 40.6 Å².